The molecule has 9 heteroatoms. The predicted molar refractivity (Wildman–Crippen MR) is 364 cm³/mol. The van der Waals surface area contributed by atoms with Gasteiger partial charge in [0.05, 0.1) is 34.4 Å². The molecule has 0 aliphatic carbocycles. The van der Waals surface area contributed by atoms with E-state index in [2.05, 4.69) is 98.9 Å². The summed E-state index contributed by atoms with van der Waals surface area (Å²) in [5, 5.41) is 9.75. The number of carboxylic acid groups (broad SMARTS) is 1. The Morgan fingerprint density at radius 3 is 1.00 bits per heavy atom. The first-order valence-electron chi connectivity index (χ1n) is 35.8. The van der Waals surface area contributed by atoms with Crippen LogP contribution in [-0.2, 0) is 33.3 Å². The zero-order valence-electron chi connectivity index (χ0n) is 56.3. The van der Waals surface area contributed by atoms with E-state index in [9.17, 15) is 19.5 Å². The Labute approximate surface area is 525 Å². The third-order valence-electron chi connectivity index (χ3n) is 15.6. The van der Waals surface area contributed by atoms with Crippen molar-refractivity contribution in [3.05, 3.63) is 85.1 Å². The lowest BCUT2D eigenvalue weighted by atomic mass is 10.0. The summed E-state index contributed by atoms with van der Waals surface area (Å²) in [5.41, 5.74) is 0. The first kappa shape index (κ1) is 81.5. The third-order valence-corrected chi connectivity index (χ3v) is 15.6. The van der Waals surface area contributed by atoms with Gasteiger partial charge in [-0.2, -0.15) is 0 Å². The van der Waals surface area contributed by atoms with Gasteiger partial charge < -0.3 is 28.5 Å². The molecule has 0 fully saturated rings. The summed E-state index contributed by atoms with van der Waals surface area (Å²) in [4.78, 5) is 37.6. The zero-order valence-corrected chi connectivity index (χ0v) is 56.3. The van der Waals surface area contributed by atoms with E-state index in [-0.39, 0.29) is 32.2 Å². The van der Waals surface area contributed by atoms with Crippen molar-refractivity contribution in [3.8, 4) is 0 Å². The van der Waals surface area contributed by atoms with Crippen molar-refractivity contribution in [1.29, 1.82) is 0 Å². The van der Waals surface area contributed by atoms with Crippen molar-refractivity contribution in [2.45, 2.75) is 334 Å². The third kappa shape index (κ3) is 67.8. The van der Waals surface area contributed by atoms with Crippen molar-refractivity contribution >= 4 is 17.9 Å². The number of carbonyl (C=O) groups excluding carboxylic acids is 2. The molecule has 0 amide bonds. The summed E-state index contributed by atoms with van der Waals surface area (Å²) in [7, 11) is 5.98. The van der Waals surface area contributed by atoms with Crippen LogP contribution in [0.2, 0.25) is 0 Å². The molecule has 0 saturated carbocycles. The van der Waals surface area contributed by atoms with E-state index in [1.165, 1.54) is 212 Å². The average molecular weight is 1190 g/mol. The van der Waals surface area contributed by atoms with Crippen LogP contribution in [0.25, 0.3) is 0 Å². The van der Waals surface area contributed by atoms with Crippen LogP contribution in [0, 0.1) is 0 Å². The SMILES string of the molecule is CC/C=C\C/C=C\C/C=C\C/C=C\C/C=C\CCCCCCCCCCCCCC(=O)OC(COC(=O)CCCCCCCCCCCCCCCCCCCCCCC/C=C\C/C=C\CCCCCCC)COC(OCC[N+](C)(C)C)C(=O)O. The summed E-state index contributed by atoms with van der Waals surface area (Å²) >= 11 is 0. The van der Waals surface area contributed by atoms with Crippen molar-refractivity contribution in [2.24, 2.45) is 0 Å². The van der Waals surface area contributed by atoms with E-state index in [1.54, 1.807) is 0 Å². The minimum atomic E-state index is -1.51. The lowest BCUT2D eigenvalue weighted by Crippen LogP contribution is -2.40. The van der Waals surface area contributed by atoms with Gasteiger partial charge in [0.2, 0.25) is 0 Å². The predicted octanol–water partition coefficient (Wildman–Crippen LogP) is 22.2. The normalized spacial score (nSPS) is 13.2. The maximum atomic E-state index is 12.9. The maximum absolute atomic E-state index is 12.9. The number of hydrogen-bond acceptors (Lipinski definition) is 7. The molecule has 0 aromatic carbocycles. The number of likely N-dealkylation sites (N-methyl/N-ethyl adjacent to an activating group) is 1. The molecular formula is C76H136NO8+. The molecular weight excluding hydrogens is 1050 g/mol. The van der Waals surface area contributed by atoms with Gasteiger partial charge in [-0.1, -0.05) is 304 Å². The number of ether oxygens (including phenoxy) is 4. The van der Waals surface area contributed by atoms with Crippen LogP contribution < -0.4 is 0 Å². The maximum Gasteiger partial charge on any atom is 0.361 e. The molecule has 0 rings (SSSR count). The molecule has 9 nitrogen and oxygen atoms in total. The Morgan fingerprint density at radius 2 is 0.671 bits per heavy atom. The molecule has 0 heterocycles. The summed E-state index contributed by atoms with van der Waals surface area (Å²) in [6, 6.07) is 0. The number of esters is 2. The molecule has 0 aliphatic rings. The van der Waals surface area contributed by atoms with Gasteiger partial charge in [-0.3, -0.25) is 9.59 Å². The van der Waals surface area contributed by atoms with Crippen LogP contribution >= 0.6 is 0 Å². The molecule has 0 aromatic rings. The summed E-state index contributed by atoms with van der Waals surface area (Å²) < 4.78 is 23.0. The molecule has 0 spiro atoms. The number of carbonyl (C=O) groups is 3. The lowest BCUT2D eigenvalue weighted by Gasteiger charge is -2.25. The number of unbranched alkanes of at least 4 members (excludes halogenated alkanes) is 37. The summed E-state index contributed by atoms with van der Waals surface area (Å²) in [6.45, 7) is 4.79. The fourth-order valence-electron chi connectivity index (χ4n) is 10.2. The Morgan fingerprint density at radius 1 is 0.365 bits per heavy atom. The first-order chi connectivity index (χ1) is 41.6. The second-order valence-electron chi connectivity index (χ2n) is 25.2. The number of carboxylic acids is 1. The minimum Gasteiger partial charge on any atom is -0.477 e. The van der Waals surface area contributed by atoms with Gasteiger partial charge in [-0.25, -0.2) is 4.79 Å². The highest BCUT2D eigenvalue weighted by Crippen LogP contribution is 2.18. The fourth-order valence-corrected chi connectivity index (χ4v) is 10.2. The number of aliphatic carboxylic acids is 1. The average Bonchev–Trinajstić information content (AvgIpc) is 3.48. The van der Waals surface area contributed by atoms with Crippen molar-refractivity contribution in [1.82, 2.24) is 0 Å². The standard InChI is InChI=1S/C76H135NO8/c1-6-8-10-12-14-16-18-20-22-24-26-28-30-32-34-35-36-37-38-39-41-42-44-46-48-50-52-54-56-58-60-62-64-66-73(78)83-70-72(71-84-76(75(80)81)82-69-68-77(3,4)5)85-74(79)67-65-63-61-59-57-55-53-51-49-47-45-43-40-33-31-29-27-25-23-21-19-17-15-13-11-9-7-2/h9,11,15,17-18,20-21,23-24,26-27,29,33,40,72,76H,6-8,10,12-14,16,19,22,25,28,30-32,34-39,41-71H2,1-5H3/p+1/b11-9-,17-15-,20-18-,23-21-,26-24-,29-27-,40-33-. The van der Waals surface area contributed by atoms with Gasteiger partial charge in [0.25, 0.3) is 6.29 Å². The number of quaternary nitrogens is 1. The highest BCUT2D eigenvalue weighted by Gasteiger charge is 2.25. The number of nitrogens with zero attached hydrogens (tertiary/aromatic N) is 1. The van der Waals surface area contributed by atoms with Crippen molar-refractivity contribution in [2.75, 3.05) is 47.5 Å². The van der Waals surface area contributed by atoms with E-state index in [0.29, 0.717) is 23.9 Å². The Kier molecular flexibility index (Phi) is 63.7. The van der Waals surface area contributed by atoms with Crippen molar-refractivity contribution in [3.63, 3.8) is 0 Å². The molecule has 2 unspecified atom stereocenters. The molecule has 2 atom stereocenters. The Hall–Kier alpha value is -3.53. The smallest absolute Gasteiger partial charge is 0.361 e. The topological polar surface area (TPSA) is 108 Å². The summed E-state index contributed by atoms with van der Waals surface area (Å²) in [6.07, 6.45) is 87.0. The van der Waals surface area contributed by atoms with Gasteiger partial charge >= 0.3 is 17.9 Å². The van der Waals surface area contributed by atoms with Gasteiger partial charge in [0.15, 0.2) is 6.10 Å². The van der Waals surface area contributed by atoms with Gasteiger partial charge in [-0.15, -0.1) is 0 Å². The second kappa shape index (κ2) is 66.4. The van der Waals surface area contributed by atoms with Gasteiger partial charge in [0, 0.05) is 12.8 Å². The number of hydrogen-bond donors (Lipinski definition) is 1. The highest BCUT2D eigenvalue weighted by molar-refractivity contribution is 5.71. The van der Waals surface area contributed by atoms with Crippen LogP contribution in [0.4, 0.5) is 0 Å². The quantitative estimate of drug-likeness (QED) is 0.0211. The van der Waals surface area contributed by atoms with Crippen LogP contribution in [0.15, 0.2) is 85.1 Å². The van der Waals surface area contributed by atoms with E-state index in [1.807, 2.05) is 21.1 Å². The van der Waals surface area contributed by atoms with Crippen LogP contribution in [0.5, 0.6) is 0 Å². The second-order valence-corrected chi connectivity index (χ2v) is 25.2. The fraction of sp³-hybridized carbons (Fsp3) is 0.776. The highest BCUT2D eigenvalue weighted by atomic mass is 16.7. The van der Waals surface area contributed by atoms with Crippen molar-refractivity contribution < 1.29 is 42.9 Å². The van der Waals surface area contributed by atoms with E-state index >= 15 is 0 Å². The Bertz CT molecular complexity index is 1670. The van der Waals surface area contributed by atoms with Crippen LogP contribution in [-0.4, -0.2) is 87.4 Å². The molecule has 85 heavy (non-hydrogen) atoms. The molecule has 0 aromatic heterocycles. The molecule has 1 N–H and O–H groups in total. The van der Waals surface area contributed by atoms with E-state index in [0.717, 1.165) is 77.0 Å². The monoisotopic (exact) mass is 1190 g/mol. The zero-order chi connectivity index (χ0) is 61.9. The van der Waals surface area contributed by atoms with Gasteiger partial charge in [-0.05, 0) is 89.9 Å². The molecule has 0 saturated heterocycles. The van der Waals surface area contributed by atoms with Gasteiger partial charge in [0.1, 0.15) is 13.2 Å². The minimum absolute atomic E-state index is 0.183. The molecule has 0 bridgehead atoms. The molecule has 0 radical (unpaired) electrons. The molecule has 492 valence electrons. The number of rotatable bonds is 66. The lowest BCUT2D eigenvalue weighted by molar-refractivity contribution is -0.870. The van der Waals surface area contributed by atoms with E-state index < -0.39 is 24.3 Å². The summed E-state index contributed by atoms with van der Waals surface area (Å²) in [5.74, 6) is -2.00. The Balaban J connectivity index is 4.08. The number of allylic oxidation sites excluding steroid dienone is 14. The first-order valence-corrected chi connectivity index (χ1v) is 35.8. The van der Waals surface area contributed by atoms with Crippen LogP contribution in [0.3, 0.4) is 0 Å². The molecule has 0 aliphatic heterocycles. The van der Waals surface area contributed by atoms with E-state index in [4.69, 9.17) is 18.9 Å². The van der Waals surface area contributed by atoms with Crippen LogP contribution in [0.1, 0.15) is 322 Å². The largest absolute Gasteiger partial charge is 0.477 e.